The molecule has 0 fully saturated rings. The minimum Gasteiger partial charge on any atom is -0.497 e. The van der Waals surface area contributed by atoms with Gasteiger partial charge < -0.3 is 28.8 Å². The largest absolute Gasteiger partial charge is 0.497 e. The Kier molecular flexibility index (Phi) is 8.15. The summed E-state index contributed by atoms with van der Waals surface area (Å²) in [5.74, 6) is 1.57. The Labute approximate surface area is 236 Å². The number of carboxylic acid groups (broad SMARTS) is 1. The van der Waals surface area contributed by atoms with Gasteiger partial charge in [-0.3, -0.25) is 9.78 Å². The van der Waals surface area contributed by atoms with E-state index >= 15 is 0 Å². The molecule has 0 saturated carbocycles. The van der Waals surface area contributed by atoms with Gasteiger partial charge in [-0.1, -0.05) is 24.3 Å². The molecule has 9 nitrogen and oxygen atoms in total. The van der Waals surface area contributed by atoms with Gasteiger partial charge in [0.05, 0.1) is 14.2 Å². The Hall–Kier alpha value is -5.31. The van der Waals surface area contributed by atoms with Crippen molar-refractivity contribution in [1.82, 2.24) is 4.98 Å². The average Bonchev–Trinajstić information content (AvgIpc) is 3.47. The highest BCUT2D eigenvalue weighted by Crippen LogP contribution is 2.40. The third kappa shape index (κ3) is 5.99. The number of carboxylic acids is 1. The van der Waals surface area contributed by atoms with Crippen molar-refractivity contribution in [3.63, 3.8) is 0 Å². The van der Waals surface area contributed by atoms with Crippen molar-refractivity contribution < 1.29 is 38.4 Å². The fourth-order valence-corrected chi connectivity index (χ4v) is 4.55. The van der Waals surface area contributed by atoms with Crippen LogP contribution in [0.5, 0.6) is 28.7 Å². The smallest absolute Gasteiger partial charge is 0.331 e. The van der Waals surface area contributed by atoms with Crippen molar-refractivity contribution in [1.29, 1.82) is 0 Å². The molecule has 1 aliphatic heterocycles. The first-order valence-corrected chi connectivity index (χ1v) is 12.7. The van der Waals surface area contributed by atoms with Crippen LogP contribution in [0.4, 0.5) is 0 Å². The Morgan fingerprint density at radius 1 is 0.927 bits per heavy atom. The van der Waals surface area contributed by atoms with Crippen LogP contribution in [-0.2, 0) is 17.8 Å². The van der Waals surface area contributed by atoms with Crippen molar-refractivity contribution in [2.75, 3.05) is 21.0 Å². The molecule has 41 heavy (non-hydrogen) atoms. The maximum absolute atomic E-state index is 12.4. The van der Waals surface area contributed by atoms with Crippen molar-refractivity contribution in [2.24, 2.45) is 0 Å². The zero-order valence-electron chi connectivity index (χ0n) is 22.5. The number of ether oxygens (including phenoxy) is 5. The lowest BCUT2D eigenvalue weighted by molar-refractivity contribution is -0.132. The monoisotopic (exact) mass is 553 g/mol. The maximum Gasteiger partial charge on any atom is 0.331 e. The van der Waals surface area contributed by atoms with E-state index in [9.17, 15) is 14.7 Å². The second-order valence-corrected chi connectivity index (χ2v) is 9.10. The molecule has 3 aromatic carbocycles. The molecular weight excluding hydrogens is 526 g/mol. The fraction of sp³-hybridized carbons (Fsp3) is 0.156. The van der Waals surface area contributed by atoms with E-state index in [0.717, 1.165) is 11.8 Å². The van der Waals surface area contributed by atoms with Gasteiger partial charge in [0.25, 0.3) is 0 Å². The zero-order valence-corrected chi connectivity index (χ0v) is 22.5. The third-order valence-corrected chi connectivity index (χ3v) is 6.66. The van der Waals surface area contributed by atoms with E-state index in [-0.39, 0.29) is 25.4 Å². The number of carbonyl (C=O) groups excluding carboxylic acids is 1. The van der Waals surface area contributed by atoms with Crippen LogP contribution in [0.1, 0.15) is 27.0 Å². The van der Waals surface area contributed by atoms with Crippen LogP contribution in [0, 0.1) is 0 Å². The predicted molar refractivity (Wildman–Crippen MR) is 151 cm³/mol. The highest BCUT2D eigenvalue weighted by Gasteiger charge is 2.21. The topological polar surface area (TPSA) is 113 Å². The summed E-state index contributed by atoms with van der Waals surface area (Å²) in [7, 11) is 3.08. The quantitative estimate of drug-likeness (QED) is 0.187. The number of benzene rings is 3. The van der Waals surface area contributed by atoms with Crippen LogP contribution in [-0.4, -0.2) is 43.4 Å². The highest BCUT2D eigenvalue weighted by molar-refractivity contribution is 5.94. The molecule has 0 atom stereocenters. The van der Waals surface area contributed by atoms with Gasteiger partial charge in [0.1, 0.15) is 30.1 Å². The van der Waals surface area contributed by atoms with Gasteiger partial charge in [-0.2, -0.15) is 0 Å². The molecule has 2 heterocycles. The van der Waals surface area contributed by atoms with Gasteiger partial charge in [0, 0.05) is 58.8 Å². The number of aldehydes is 1. The molecule has 1 aromatic heterocycles. The summed E-state index contributed by atoms with van der Waals surface area (Å²) in [6, 6.07) is 17.8. The Bertz CT molecular complexity index is 1630. The minimum atomic E-state index is -1.09. The second-order valence-electron chi connectivity index (χ2n) is 9.10. The lowest BCUT2D eigenvalue weighted by Gasteiger charge is -2.16. The summed E-state index contributed by atoms with van der Waals surface area (Å²) in [6.45, 7) is 0.241. The van der Waals surface area contributed by atoms with Crippen LogP contribution in [0.3, 0.4) is 0 Å². The van der Waals surface area contributed by atoms with Crippen LogP contribution in [0.25, 0.3) is 17.2 Å². The van der Waals surface area contributed by atoms with Crippen LogP contribution in [0.2, 0.25) is 0 Å². The van der Waals surface area contributed by atoms with Gasteiger partial charge in [0.15, 0.2) is 11.5 Å². The van der Waals surface area contributed by atoms with Gasteiger partial charge in [0.2, 0.25) is 6.79 Å². The number of aromatic nitrogens is 1. The number of carbonyl (C=O) groups is 2. The molecule has 5 rings (SSSR count). The van der Waals surface area contributed by atoms with E-state index in [1.807, 2.05) is 18.2 Å². The molecule has 4 aromatic rings. The van der Waals surface area contributed by atoms with Crippen molar-refractivity contribution >= 4 is 18.3 Å². The molecule has 9 heteroatoms. The third-order valence-electron chi connectivity index (χ3n) is 6.66. The van der Waals surface area contributed by atoms with Crippen LogP contribution < -0.4 is 23.7 Å². The van der Waals surface area contributed by atoms with E-state index in [1.165, 1.54) is 7.11 Å². The molecule has 0 bridgehead atoms. The van der Waals surface area contributed by atoms with Gasteiger partial charge in [-0.05, 0) is 41.5 Å². The van der Waals surface area contributed by atoms with E-state index < -0.39 is 5.97 Å². The van der Waals surface area contributed by atoms with E-state index in [4.69, 9.17) is 23.7 Å². The number of rotatable bonds is 11. The maximum atomic E-state index is 12.4. The zero-order chi connectivity index (χ0) is 28.8. The van der Waals surface area contributed by atoms with Crippen LogP contribution >= 0.6 is 0 Å². The molecule has 1 aliphatic rings. The molecule has 0 radical (unpaired) electrons. The van der Waals surface area contributed by atoms with Gasteiger partial charge >= 0.3 is 5.97 Å². The number of hydrogen-bond donors (Lipinski definition) is 1. The summed E-state index contributed by atoms with van der Waals surface area (Å²) >= 11 is 0. The molecule has 1 N–H and O–H groups in total. The predicted octanol–water partition coefficient (Wildman–Crippen LogP) is 5.60. The summed E-state index contributed by atoms with van der Waals surface area (Å²) < 4.78 is 28.0. The fourth-order valence-electron chi connectivity index (χ4n) is 4.55. The molecule has 0 saturated heterocycles. The second kappa shape index (κ2) is 12.3. The first-order valence-electron chi connectivity index (χ1n) is 12.7. The number of hydrogen-bond acceptors (Lipinski definition) is 8. The summed E-state index contributed by atoms with van der Waals surface area (Å²) in [6.07, 6.45) is 5.68. The van der Waals surface area contributed by atoms with Crippen LogP contribution in [0.15, 0.2) is 78.6 Å². The molecule has 0 spiro atoms. The summed E-state index contributed by atoms with van der Waals surface area (Å²) in [4.78, 5) is 28.2. The first kappa shape index (κ1) is 27.3. The standard InChI is InChI=1S/C32H27NO8/c1-37-25-7-8-27(29(14-25)39-18-21-6-4-3-5-20(21)17-34)26-9-10-33-16-24(26)12-23(32(35)36)11-22-13-30-31(41-19-40-30)15-28(22)38-2/h3-10,12-17H,11,18-19H2,1-2H3,(H,35,36)/b23-12+. The Morgan fingerprint density at radius 3 is 2.49 bits per heavy atom. The van der Waals surface area contributed by atoms with E-state index in [0.29, 0.717) is 56.6 Å². The van der Waals surface area contributed by atoms with Crippen molar-refractivity contribution in [2.45, 2.75) is 13.0 Å². The Morgan fingerprint density at radius 2 is 1.73 bits per heavy atom. The highest BCUT2D eigenvalue weighted by atomic mass is 16.7. The van der Waals surface area contributed by atoms with Gasteiger partial charge in [-0.25, -0.2) is 4.79 Å². The van der Waals surface area contributed by atoms with Crippen molar-refractivity contribution in [3.8, 4) is 39.9 Å². The SMILES string of the molecule is COc1ccc(-c2ccncc2/C=C(\Cc2cc3c(cc2OC)OCO3)C(=O)O)c(OCc2ccccc2C=O)c1. The summed E-state index contributed by atoms with van der Waals surface area (Å²) in [5, 5.41) is 10.1. The van der Waals surface area contributed by atoms with Crippen molar-refractivity contribution in [3.05, 3.63) is 101 Å². The number of nitrogens with zero attached hydrogens (tertiary/aromatic N) is 1. The van der Waals surface area contributed by atoms with E-state index in [2.05, 4.69) is 4.98 Å². The van der Waals surface area contributed by atoms with E-state index in [1.54, 1.807) is 68.0 Å². The molecule has 0 unspecified atom stereocenters. The molecule has 208 valence electrons. The Balaban J connectivity index is 1.52. The number of aliphatic carboxylic acids is 1. The molecular formula is C32H27NO8. The minimum absolute atomic E-state index is 0.0674. The lowest BCUT2D eigenvalue weighted by atomic mass is 9.96. The number of methoxy groups -OCH3 is 2. The summed E-state index contributed by atoms with van der Waals surface area (Å²) in [5.41, 5.74) is 4.01. The molecule has 0 aliphatic carbocycles. The molecule has 0 amide bonds. The number of pyridine rings is 1. The first-order chi connectivity index (χ1) is 20.0. The number of fused-ring (bicyclic) bond motifs is 1. The lowest BCUT2D eigenvalue weighted by Crippen LogP contribution is -2.06. The normalized spacial score (nSPS) is 12.1. The average molecular weight is 554 g/mol. The van der Waals surface area contributed by atoms with Gasteiger partial charge in [-0.15, -0.1) is 0 Å².